The maximum atomic E-state index is 9.42. The van der Waals surface area contributed by atoms with Gasteiger partial charge in [-0.1, -0.05) is 32.8 Å². The van der Waals surface area contributed by atoms with Gasteiger partial charge in [0.2, 0.25) is 0 Å². The van der Waals surface area contributed by atoms with Crippen LogP contribution in [-0.4, -0.2) is 11.1 Å². The third-order valence-corrected chi connectivity index (χ3v) is 3.72. The van der Waals surface area contributed by atoms with Crippen LogP contribution in [-0.2, 0) is 6.54 Å². The van der Waals surface area contributed by atoms with Gasteiger partial charge in [-0.25, -0.2) is 0 Å². The van der Waals surface area contributed by atoms with Crippen molar-refractivity contribution < 1.29 is 5.11 Å². The van der Waals surface area contributed by atoms with Crippen molar-refractivity contribution in [3.05, 3.63) is 28.2 Å². The van der Waals surface area contributed by atoms with E-state index in [1.165, 1.54) is 24.8 Å². The Morgan fingerprint density at radius 3 is 2.56 bits per heavy atom. The van der Waals surface area contributed by atoms with Crippen LogP contribution in [0.25, 0.3) is 0 Å². The highest BCUT2D eigenvalue weighted by molar-refractivity contribution is 9.10. The van der Waals surface area contributed by atoms with Crippen molar-refractivity contribution in [3.8, 4) is 5.75 Å². The molecule has 0 aliphatic carbocycles. The molecule has 1 atom stereocenters. The van der Waals surface area contributed by atoms with Crippen LogP contribution in [0.5, 0.6) is 5.75 Å². The number of hydrogen-bond acceptors (Lipinski definition) is 2. The van der Waals surface area contributed by atoms with Crippen molar-refractivity contribution >= 4 is 15.9 Å². The number of hydrogen-bond donors (Lipinski definition) is 2. The second-order valence-corrected chi connectivity index (χ2v) is 6.25. The molecule has 1 aromatic rings. The fraction of sp³-hybridized carbons (Fsp3) is 0.600. The number of halogens is 1. The Hall–Kier alpha value is -0.540. The summed E-state index contributed by atoms with van der Waals surface area (Å²) in [6.45, 7) is 7.62. The number of aromatic hydroxyl groups is 1. The minimum Gasteiger partial charge on any atom is -0.507 e. The van der Waals surface area contributed by atoms with E-state index in [1.54, 1.807) is 6.07 Å². The van der Waals surface area contributed by atoms with Gasteiger partial charge in [-0.05, 0) is 52.9 Å². The number of phenolic OH excluding ortho intramolecular Hbond substituents is 1. The van der Waals surface area contributed by atoms with Gasteiger partial charge < -0.3 is 10.4 Å². The monoisotopic (exact) mass is 313 g/mol. The Morgan fingerprint density at radius 1 is 1.22 bits per heavy atom. The molecule has 18 heavy (non-hydrogen) atoms. The van der Waals surface area contributed by atoms with Crippen LogP contribution < -0.4 is 5.32 Å². The van der Waals surface area contributed by atoms with Gasteiger partial charge in [-0.2, -0.15) is 0 Å². The van der Waals surface area contributed by atoms with Crippen LogP contribution in [0.2, 0.25) is 0 Å². The Kier molecular flexibility index (Phi) is 6.72. The predicted octanol–water partition coefficient (Wildman–Crippen LogP) is 4.46. The van der Waals surface area contributed by atoms with Crippen molar-refractivity contribution in [1.29, 1.82) is 0 Å². The first-order valence-electron chi connectivity index (χ1n) is 6.69. The first-order chi connectivity index (χ1) is 8.49. The SMILES string of the molecule is CC(C)CCCC(C)NCc1ccc(O)c(Br)c1. The summed E-state index contributed by atoms with van der Waals surface area (Å²) in [5, 5.41) is 12.9. The van der Waals surface area contributed by atoms with E-state index in [0.717, 1.165) is 16.9 Å². The number of benzene rings is 1. The number of nitrogens with one attached hydrogen (secondary N) is 1. The van der Waals surface area contributed by atoms with Crippen LogP contribution in [0.3, 0.4) is 0 Å². The molecule has 0 radical (unpaired) electrons. The van der Waals surface area contributed by atoms with E-state index in [1.807, 2.05) is 12.1 Å². The zero-order valence-corrected chi connectivity index (χ0v) is 13.1. The van der Waals surface area contributed by atoms with Crippen molar-refractivity contribution in [2.75, 3.05) is 0 Å². The van der Waals surface area contributed by atoms with Crippen LogP contribution in [0.4, 0.5) is 0 Å². The largest absolute Gasteiger partial charge is 0.507 e. The van der Waals surface area contributed by atoms with Crippen LogP contribution in [0.1, 0.15) is 45.6 Å². The smallest absolute Gasteiger partial charge is 0.129 e. The van der Waals surface area contributed by atoms with E-state index < -0.39 is 0 Å². The summed E-state index contributed by atoms with van der Waals surface area (Å²) >= 11 is 3.33. The molecule has 0 aliphatic heterocycles. The lowest BCUT2D eigenvalue weighted by molar-refractivity contribution is 0.456. The lowest BCUT2D eigenvalue weighted by Gasteiger charge is -2.14. The molecule has 1 unspecified atom stereocenters. The molecule has 2 nitrogen and oxygen atoms in total. The van der Waals surface area contributed by atoms with Crippen LogP contribution >= 0.6 is 15.9 Å². The summed E-state index contributed by atoms with van der Waals surface area (Å²) in [6, 6.07) is 6.18. The number of rotatable bonds is 7. The summed E-state index contributed by atoms with van der Waals surface area (Å²) in [5.41, 5.74) is 1.19. The van der Waals surface area contributed by atoms with Gasteiger partial charge in [-0.15, -0.1) is 0 Å². The summed E-state index contributed by atoms with van der Waals surface area (Å²) in [7, 11) is 0. The molecule has 1 aromatic carbocycles. The highest BCUT2D eigenvalue weighted by Crippen LogP contribution is 2.24. The average molecular weight is 314 g/mol. The summed E-state index contributed by atoms with van der Waals surface area (Å²) in [4.78, 5) is 0. The quantitative estimate of drug-likeness (QED) is 0.779. The van der Waals surface area contributed by atoms with E-state index in [-0.39, 0.29) is 0 Å². The normalized spacial score (nSPS) is 12.9. The molecule has 0 bridgehead atoms. The van der Waals surface area contributed by atoms with Gasteiger partial charge in [0.15, 0.2) is 0 Å². The van der Waals surface area contributed by atoms with E-state index >= 15 is 0 Å². The molecule has 0 saturated carbocycles. The molecule has 0 spiro atoms. The molecule has 2 N–H and O–H groups in total. The van der Waals surface area contributed by atoms with E-state index in [2.05, 4.69) is 42.0 Å². The van der Waals surface area contributed by atoms with Crippen molar-refractivity contribution in [3.63, 3.8) is 0 Å². The van der Waals surface area contributed by atoms with Crippen molar-refractivity contribution in [2.45, 2.75) is 52.6 Å². The first-order valence-corrected chi connectivity index (χ1v) is 7.49. The maximum absolute atomic E-state index is 9.42. The van der Waals surface area contributed by atoms with Gasteiger partial charge in [0.25, 0.3) is 0 Å². The Labute approximate surface area is 119 Å². The number of phenols is 1. The zero-order valence-electron chi connectivity index (χ0n) is 11.5. The summed E-state index contributed by atoms with van der Waals surface area (Å²) in [5.74, 6) is 1.09. The van der Waals surface area contributed by atoms with E-state index in [9.17, 15) is 5.11 Å². The summed E-state index contributed by atoms with van der Waals surface area (Å²) in [6.07, 6.45) is 3.80. The van der Waals surface area contributed by atoms with E-state index in [4.69, 9.17) is 0 Å². The van der Waals surface area contributed by atoms with Crippen LogP contribution in [0.15, 0.2) is 22.7 Å². The lowest BCUT2D eigenvalue weighted by atomic mass is 10.0. The third kappa shape index (κ3) is 5.87. The first kappa shape index (κ1) is 15.5. The maximum Gasteiger partial charge on any atom is 0.129 e. The third-order valence-electron chi connectivity index (χ3n) is 3.09. The van der Waals surface area contributed by atoms with Gasteiger partial charge in [0.1, 0.15) is 5.75 Å². The molecule has 0 heterocycles. The van der Waals surface area contributed by atoms with Crippen molar-refractivity contribution in [1.82, 2.24) is 5.32 Å². The van der Waals surface area contributed by atoms with Crippen molar-refractivity contribution in [2.24, 2.45) is 5.92 Å². The molecule has 0 aliphatic rings. The Balaban J connectivity index is 2.29. The summed E-state index contributed by atoms with van der Waals surface area (Å²) < 4.78 is 0.759. The van der Waals surface area contributed by atoms with Crippen LogP contribution in [0, 0.1) is 5.92 Å². The standard InChI is InChI=1S/C15H24BrNO/c1-11(2)5-4-6-12(3)17-10-13-7-8-15(18)14(16)9-13/h7-9,11-12,17-18H,4-6,10H2,1-3H3. The highest BCUT2D eigenvalue weighted by Gasteiger charge is 2.04. The minimum atomic E-state index is 0.295. The Morgan fingerprint density at radius 2 is 1.94 bits per heavy atom. The van der Waals surface area contributed by atoms with Gasteiger partial charge >= 0.3 is 0 Å². The lowest BCUT2D eigenvalue weighted by Crippen LogP contribution is -2.25. The molecule has 1 rings (SSSR count). The fourth-order valence-electron chi connectivity index (χ4n) is 1.89. The second kappa shape index (κ2) is 7.80. The van der Waals surface area contributed by atoms with Gasteiger partial charge in [-0.3, -0.25) is 0 Å². The molecular formula is C15H24BrNO. The second-order valence-electron chi connectivity index (χ2n) is 5.39. The van der Waals surface area contributed by atoms with Gasteiger partial charge in [0, 0.05) is 12.6 Å². The molecule has 0 amide bonds. The average Bonchev–Trinajstić information content (AvgIpc) is 2.30. The van der Waals surface area contributed by atoms with Gasteiger partial charge in [0.05, 0.1) is 4.47 Å². The molecule has 0 aromatic heterocycles. The van der Waals surface area contributed by atoms with E-state index in [0.29, 0.717) is 11.8 Å². The Bertz CT molecular complexity index is 366. The minimum absolute atomic E-state index is 0.295. The molecule has 0 saturated heterocycles. The highest BCUT2D eigenvalue weighted by atomic mass is 79.9. The molecule has 0 fully saturated rings. The zero-order chi connectivity index (χ0) is 13.5. The molecule has 3 heteroatoms. The molecule has 102 valence electrons. The topological polar surface area (TPSA) is 32.3 Å². The fourth-order valence-corrected chi connectivity index (χ4v) is 2.31. The molecular weight excluding hydrogens is 290 g/mol. The predicted molar refractivity (Wildman–Crippen MR) is 80.8 cm³/mol.